The van der Waals surface area contributed by atoms with Gasteiger partial charge in [0.2, 0.25) is 0 Å². The third kappa shape index (κ3) is 49.3. The molecule has 0 aliphatic rings. The van der Waals surface area contributed by atoms with Crippen LogP contribution in [0, 0.1) is 11.8 Å². The second-order valence-corrected chi connectivity index (χ2v) is 18.7. The highest BCUT2D eigenvalue weighted by Gasteiger charge is 2.17. The average Bonchev–Trinajstić information content (AvgIpc) is 3.21. The molecule has 0 aromatic rings. The molecule has 0 fully saturated rings. The van der Waals surface area contributed by atoms with Crippen molar-refractivity contribution in [2.75, 3.05) is 0 Å². The number of rotatable bonds is 48. The van der Waals surface area contributed by atoms with E-state index in [1.54, 1.807) is 0 Å². The Morgan fingerprint density at radius 1 is 0.241 bits per heavy atom. The molecule has 0 saturated heterocycles. The van der Waals surface area contributed by atoms with Crippen LogP contribution in [0.2, 0.25) is 0 Å². The van der Waals surface area contributed by atoms with Crippen LogP contribution >= 0.6 is 0 Å². The molecule has 2 atom stereocenters. The fraction of sp³-hybridized carbons (Fsp3) is 0.963. The Morgan fingerprint density at radius 2 is 0.362 bits per heavy atom. The van der Waals surface area contributed by atoms with Gasteiger partial charge in [0.25, 0.3) is 0 Å². The Labute approximate surface area is 365 Å². The van der Waals surface area contributed by atoms with Crippen LogP contribution < -0.4 is 0 Å². The van der Waals surface area contributed by atoms with Crippen LogP contribution in [0.1, 0.15) is 323 Å². The molecule has 58 heavy (non-hydrogen) atoms. The van der Waals surface area contributed by atoms with E-state index in [-0.39, 0.29) is 11.8 Å². The van der Waals surface area contributed by atoms with E-state index in [1.165, 1.54) is 244 Å². The van der Waals surface area contributed by atoms with Gasteiger partial charge in [0, 0.05) is 0 Å². The quantitative estimate of drug-likeness (QED) is 0.0600. The highest BCUT2D eigenvalue weighted by atomic mass is 16.4. The zero-order chi connectivity index (χ0) is 42.8. The summed E-state index contributed by atoms with van der Waals surface area (Å²) in [5.41, 5.74) is 0. The zero-order valence-electron chi connectivity index (χ0n) is 40.4. The average molecular weight is 821 g/mol. The lowest BCUT2D eigenvalue weighted by atomic mass is 9.94. The lowest BCUT2D eigenvalue weighted by Crippen LogP contribution is -2.13. The molecule has 0 aliphatic carbocycles. The first-order chi connectivity index (χ1) is 28.4. The summed E-state index contributed by atoms with van der Waals surface area (Å²) in [5, 5.41) is 18.9. The molecule has 0 heterocycles. The van der Waals surface area contributed by atoms with Crippen LogP contribution in [0.25, 0.3) is 0 Å². The van der Waals surface area contributed by atoms with Crippen molar-refractivity contribution in [2.45, 2.75) is 323 Å². The van der Waals surface area contributed by atoms with E-state index in [0.29, 0.717) is 0 Å². The molecule has 348 valence electrons. The van der Waals surface area contributed by atoms with E-state index >= 15 is 0 Å². The van der Waals surface area contributed by atoms with Gasteiger partial charge in [0.15, 0.2) is 0 Å². The van der Waals surface area contributed by atoms with Crippen molar-refractivity contribution in [3.05, 3.63) is 0 Å². The molecule has 0 saturated carbocycles. The molecule has 0 aromatic heterocycles. The van der Waals surface area contributed by atoms with E-state index in [2.05, 4.69) is 27.7 Å². The predicted molar refractivity (Wildman–Crippen MR) is 257 cm³/mol. The Bertz CT molecular complexity index is 781. The Morgan fingerprint density at radius 3 is 0.483 bits per heavy atom. The van der Waals surface area contributed by atoms with Gasteiger partial charge in [0.05, 0.1) is 11.8 Å². The summed E-state index contributed by atoms with van der Waals surface area (Å²) in [6.45, 7) is 9.07. The number of unbranched alkanes of at least 4 members (excludes halogenated alkanes) is 38. The predicted octanol–water partition coefficient (Wildman–Crippen LogP) is 19.4. The second-order valence-electron chi connectivity index (χ2n) is 18.7. The molecule has 0 spiro atoms. The minimum Gasteiger partial charge on any atom is -0.481 e. The van der Waals surface area contributed by atoms with Crippen LogP contribution in [0.15, 0.2) is 0 Å². The molecule has 0 amide bonds. The normalized spacial score (nSPS) is 12.3. The van der Waals surface area contributed by atoms with Gasteiger partial charge >= 0.3 is 11.9 Å². The van der Waals surface area contributed by atoms with Crippen LogP contribution in [-0.4, -0.2) is 22.2 Å². The Hall–Kier alpha value is -1.06. The van der Waals surface area contributed by atoms with Crippen molar-refractivity contribution >= 4 is 11.9 Å². The molecule has 2 N–H and O–H groups in total. The smallest absolute Gasteiger partial charge is 0.306 e. The first-order valence-electron chi connectivity index (χ1n) is 26.9. The summed E-state index contributed by atoms with van der Waals surface area (Å²) in [6.07, 6.45) is 59.3. The monoisotopic (exact) mass is 821 g/mol. The summed E-state index contributed by atoms with van der Waals surface area (Å²) in [5.74, 6) is -1.31. The van der Waals surface area contributed by atoms with Crippen molar-refractivity contribution in [1.29, 1.82) is 0 Å². The summed E-state index contributed by atoms with van der Waals surface area (Å²) in [6, 6.07) is 0. The van der Waals surface area contributed by atoms with Gasteiger partial charge in [0.1, 0.15) is 0 Å². The van der Waals surface area contributed by atoms with Gasteiger partial charge in [-0.15, -0.1) is 0 Å². The summed E-state index contributed by atoms with van der Waals surface area (Å²) < 4.78 is 0. The van der Waals surface area contributed by atoms with Gasteiger partial charge in [-0.25, -0.2) is 0 Å². The van der Waals surface area contributed by atoms with Gasteiger partial charge in [-0.2, -0.15) is 0 Å². The largest absolute Gasteiger partial charge is 0.481 e. The maximum Gasteiger partial charge on any atom is 0.306 e. The second kappa shape index (κ2) is 52.1. The molecule has 0 rings (SSSR count). The topological polar surface area (TPSA) is 74.6 Å². The van der Waals surface area contributed by atoms with E-state index in [1.807, 2.05) is 0 Å². The zero-order valence-corrected chi connectivity index (χ0v) is 40.4. The van der Waals surface area contributed by atoms with Crippen LogP contribution in [0.3, 0.4) is 0 Å². The van der Waals surface area contributed by atoms with Crippen molar-refractivity contribution in [3.63, 3.8) is 0 Å². The third-order valence-electron chi connectivity index (χ3n) is 12.8. The number of carboxylic acids is 2. The standard InChI is InChI=1S/C28H56O2.C26H52O2/c1-3-5-7-9-11-13-15-16-18-20-22-24-26-27(28(29)30)25-23-21-19-17-14-12-10-8-6-4-2;1-3-5-7-9-11-13-14-15-16-18-20-22-24-25(26(27)28)23-21-19-17-12-10-8-6-4-2/h27H,3-26H2,1-2H3,(H,29,30);25H,3-24H2,1-2H3,(H,27,28). The van der Waals surface area contributed by atoms with Gasteiger partial charge < -0.3 is 10.2 Å². The van der Waals surface area contributed by atoms with E-state index in [9.17, 15) is 19.8 Å². The third-order valence-corrected chi connectivity index (χ3v) is 12.8. The van der Waals surface area contributed by atoms with Crippen molar-refractivity contribution in [1.82, 2.24) is 0 Å². The highest BCUT2D eigenvalue weighted by Crippen LogP contribution is 2.22. The summed E-state index contributed by atoms with van der Waals surface area (Å²) in [7, 11) is 0. The van der Waals surface area contributed by atoms with Crippen molar-refractivity contribution in [2.24, 2.45) is 11.8 Å². The molecular formula is C54H108O4. The first-order valence-corrected chi connectivity index (χ1v) is 26.9. The molecule has 4 heteroatoms. The lowest BCUT2D eigenvalue weighted by Gasteiger charge is -2.12. The fourth-order valence-corrected chi connectivity index (χ4v) is 8.65. The molecule has 2 unspecified atom stereocenters. The van der Waals surface area contributed by atoms with Crippen molar-refractivity contribution in [3.8, 4) is 0 Å². The number of hydrogen-bond donors (Lipinski definition) is 2. The Balaban J connectivity index is 0. The number of hydrogen-bond acceptors (Lipinski definition) is 2. The number of carboxylic acid groups (broad SMARTS) is 2. The molecule has 0 aromatic carbocycles. The molecule has 4 nitrogen and oxygen atoms in total. The van der Waals surface area contributed by atoms with Crippen molar-refractivity contribution < 1.29 is 19.8 Å². The van der Waals surface area contributed by atoms with Crippen LogP contribution in [0.5, 0.6) is 0 Å². The van der Waals surface area contributed by atoms with Gasteiger partial charge in [-0.1, -0.05) is 297 Å². The highest BCUT2D eigenvalue weighted by molar-refractivity contribution is 5.70. The Kier molecular flexibility index (Phi) is 53.0. The first kappa shape index (κ1) is 59.0. The minimum atomic E-state index is -0.564. The molecule has 0 bridgehead atoms. The van der Waals surface area contributed by atoms with Gasteiger partial charge in [-0.05, 0) is 25.7 Å². The van der Waals surface area contributed by atoms with Crippen LogP contribution in [0.4, 0.5) is 0 Å². The SMILES string of the molecule is CCCCCCCCCCCCCCC(CCCCCCCCCC)C(=O)O.CCCCCCCCCCCCCCC(CCCCCCCCCCCC)C(=O)O. The fourth-order valence-electron chi connectivity index (χ4n) is 8.65. The minimum absolute atomic E-state index is 0.0942. The maximum absolute atomic E-state index is 11.5. The molecule has 0 aliphatic heterocycles. The summed E-state index contributed by atoms with van der Waals surface area (Å²) >= 11 is 0. The van der Waals surface area contributed by atoms with Crippen LogP contribution in [-0.2, 0) is 9.59 Å². The summed E-state index contributed by atoms with van der Waals surface area (Å²) in [4.78, 5) is 23.0. The number of aliphatic carboxylic acids is 2. The maximum atomic E-state index is 11.5. The molecular weight excluding hydrogens is 713 g/mol. The molecule has 0 radical (unpaired) electrons. The van der Waals surface area contributed by atoms with E-state index in [4.69, 9.17) is 0 Å². The van der Waals surface area contributed by atoms with E-state index in [0.717, 1.165) is 51.4 Å². The van der Waals surface area contributed by atoms with E-state index < -0.39 is 11.9 Å². The van der Waals surface area contributed by atoms with Gasteiger partial charge in [-0.3, -0.25) is 9.59 Å². The number of carbonyl (C=O) groups is 2. The lowest BCUT2D eigenvalue weighted by molar-refractivity contribution is -0.143.